The number of nitrogens with one attached hydrogen (secondary N) is 1. The molecule has 1 rings (SSSR count). The van der Waals surface area contributed by atoms with Gasteiger partial charge in [-0.3, -0.25) is 10.1 Å². The molecule has 0 fully saturated rings. The third-order valence-electron chi connectivity index (χ3n) is 1.95. The molecule has 0 bridgehead atoms. The van der Waals surface area contributed by atoms with E-state index in [9.17, 15) is 10.1 Å². The number of anilines is 1. The lowest BCUT2D eigenvalue weighted by Crippen LogP contribution is -2.05. The Labute approximate surface area is 93.3 Å². The summed E-state index contributed by atoms with van der Waals surface area (Å²) in [6.45, 7) is 0.804. The molecule has 0 saturated carbocycles. The van der Waals surface area contributed by atoms with Gasteiger partial charge in [0, 0.05) is 32.0 Å². The van der Waals surface area contributed by atoms with Gasteiger partial charge < -0.3 is 14.8 Å². The van der Waals surface area contributed by atoms with Gasteiger partial charge in [0.05, 0.1) is 17.6 Å². The summed E-state index contributed by atoms with van der Waals surface area (Å²) in [6.07, 6.45) is 0. The lowest BCUT2D eigenvalue weighted by atomic mass is 10.2. The van der Waals surface area contributed by atoms with E-state index in [4.69, 9.17) is 9.47 Å². The minimum absolute atomic E-state index is 0.000679. The van der Waals surface area contributed by atoms with Gasteiger partial charge in [0.25, 0.3) is 5.69 Å². The molecular formula is C10H14N2O4. The number of hydrogen-bond acceptors (Lipinski definition) is 5. The summed E-state index contributed by atoms with van der Waals surface area (Å²) in [5, 5.41) is 13.5. The Morgan fingerprint density at radius 1 is 1.38 bits per heavy atom. The van der Waals surface area contributed by atoms with Gasteiger partial charge >= 0.3 is 0 Å². The summed E-state index contributed by atoms with van der Waals surface area (Å²) in [5.74, 6) is 0.454. The van der Waals surface area contributed by atoms with Crippen molar-refractivity contribution in [2.45, 2.75) is 0 Å². The highest BCUT2D eigenvalue weighted by Gasteiger charge is 2.09. The van der Waals surface area contributed by atoms with Crippen LogP contribution in [0.25, 0.3) is 0 Å². The van der Waals surface area contributed by atoms with Crippen LogP contribution in [0.2, 0.25) is 0 Å². The fourth-order valence-electron chi connectivity index (χ4n) is 1.16. The summed E-state index contributed by atoms with van der Waals surface area (Å²) < 4.78 is 10.1. The van der Waals surface area contributed by atoms with E-state index in [-0.39, 0.29) is 5.69 Å². The highest BCUT2D eigenvalue weighted by atomic mass is 16.6. The molecular weight excluding hydrogens is 212 g/mol. The summed E-state index contributed by atoms with van der Waals surface area (Å²) in [6, 6.07) is 4.53. The highest BCUT2D eigenvalue weighted by molar-refractivity contribution is 5.55. The van der Waals surface area contributed by atoms with Crippen LogP contribution in [-0.2, 0) is 4.74 Å². The van der Waals surface area contributed by atoms with Crippen molar-refractivity contribution in [2.24, 2.45) is 0 Å². The van der Waals surface area contributed by atoms with Crippen molar-refractivity contribution in [3.05, 3.63) is 28.3 Å². The molecule has 0 aliphatic heterocycles. The zero-order valence-corrected chi connectivity index (χ0v) is 9.23. The number of rotatable bonds is 6. The van der Waals surface area contributed by atoms with E-state index in [1.54, 1.807) is 20.2 Å². The number of ether oxygens (including phenoxy) is 2. The van der Waals surface area contributed by atoms with Crippen LogP contribution >= 0.6 is 0 Å². The Hall–Kier alpha value is -1.82. The summed E-state index contributed by atoms with van der Waals surface area (Å²) in [4.78, 5) is 10.2. The molecule has 6 nitrogen and oxygen atoms in total. The molecule has 0 saturated heterocycles. The number of non-ortho nitro benzene ring substituents is 1. The first-order valence-electron chi connectivity index (χ1n) is 4.76. The number of hydrogen-bond donors (Lipinski definition) is 1. The van der Waals surface area contributed by atoms with Crippen molar-refractivity contribution in [1.82, 2.24) is 0 Å². The van der Waals surface area contributed by atoms with Gasteiger partial charge in [0.2, 0.25) is 0 Å². The van der Waals surface area contributed by atoms with E-state index in [2.05, 4.69) is 5.32 Å². The zero-order valence-electron chi connectivity index (χ0n) is 9.23. The van der Waals surface area contributed by atoms with Gasteiger partial charge in [0.15, 0.2) is 0 Å². The maximum atomic E-state index is 10.6. The molecule has 6 heteroatoms. The van der Waals surface area contributed by atoms with E-state index in [1.165, 1.54) is 12.1 Å². The average molecular weight is 226 g/mol. The quantitative estimate of drug-likeness (QED) is 0.453. The maximum absolute atomic E-state index is 10.6. The third kappa shape index (κ3) is 3.39. The minimum atomic E-state index is -0.454. The molecule has 0 amide bonds. The van der Waals surface area contributed by atoms with Crippen molar-refractivity contribution in [3.63, 3.8) is 0 Å². The molecule has 0 radical (unpaired) electrons. The standard InChI is InChI=1S/C10H14N2O4/c1-11-8-5-9(12(13)14)7-10(6-8)16-4-3-15-2/h5-7,11H,3-4H2,1-2H3. The number of nitrogens with zero attached hydrogens (tertiary/aromatic N) is 1. The van der Waals surface area contributed by atoms with Gasteiger partial charge in [-0.15, -0.1) is 0 Å². The second kappa shape index (κ2) is 5.92. The fraction of sp³-hybridized carbons (Fsp3) is 0.400. The van der Waals surface area contributed by atoms with Crippen molar-refractivity contribution >= 4 is 11.4 Å². The number of nitro benzene ring substituents is 1. The predicted molar refractivity (Wildman–Crippen MR) is 60.0 cm³/mol. The van der Waals surface area contributed by atoms with Crippen LogP contribution in [0.5, 0.6) is 5.75 Å². The van der Waals surface area contributed by atoms with Crippen LogP contribution in [0.15, 0.2) is 18.2 Å². The topological polar surface area (TPSA) is 73.6 Å². The summed E-state index contributed by atoms with van der Waals surface area (Å²) in [7, 11) is 3.26. The Balaban J connectivity index is 2.82. The van der Waals surface area contributed by atoms with Crippen LogP contribution in [0.3, 0.4) is 0 Å². The smallest absolute Gasteiger partial charge is 0.275 e. The molecule has 0 atom stereocenters. The second-order valence-electron chi connectivity index (χ2n) is 3.06. The second-order valence-corrected chi connectivity index (χ2v) is 3.06. The van der Waals surface area contributed by atoms with Gasteiger partial charge in [-0.2, -0.15) is 0 Å². The van der Waals surface area contributed by atoms with Crippen molar-refractivity contribution in [2.75, 3.05) is 32.7 Å². The van der Waals surface area contributed by atoms with Crippen LogP contribution in [-0.4, -0.2) is 32.3 Å². The van der Waals surface area contributed by atoms with Crippen LogP contribution < -0.4 is 10.1 Å². The molecule has 88 valence electrons. The molecule has 0 heterocycles. The Bertz CT molecular complexity index is 368. The van der Waals surface area contributed by atoms with Gasteiger partial charge in [0.1, 0.15) is 12.4 Å². The number of methoxy groups -OCH3 is 1. The van der Waals surface area contributed by atoms with Crippen LogP contribution in [0, 0.1) is 10.1 Å². The van der Waals surface area contributed by atoms with Crippen molar-refractivity contribution < 1.29 is 14.4 Å². The zero-order chi connectivity index (χ0) is 12.0. The monoisotopic (exact) mass is 226 g/mol. The lowest BCUT2D eigenvalue weighted by Gasteiger charge is -2.07. The Morgan fingerprint density at radius 2 is 2.12 bits per heavy atom. The molecule has 0 aromatic heterocycles. The third-order valence-corrected chi connectivity index (χ3v) is 1.95. The maximum Gasteiger partial charge on any atom is 0.275 e. The molecule has 0 aliphatic carbocycles. The highest BCUT2D eigenvalue weighted by Crippen LogP contribution is 2.25. The van der Waals surface area contributed by atoms with E-state index < -0.39 is 4.92 Å². The first kappa shape index (κ1) is 12.3. The van der Waals surface area contributed by atoms with E-state index >= 15 is 0 Å². The molecule has 0 spiro atoms. The SMILES string of the molecule is CNc1cc(OCCOC)cc([N+](=O)[O-])c1. The van der Waals surface area contributed by atoms with E-state index in [1.807, 2.05) is 0 Å². The fourth-order valence-corrected chi connectivity index (χ4v) is 1.16. The first-order chi connectivity index (χ1) is 7.67. The normalized spacial score (nSPS) is 9.88. The molecule has 0 aliphatic rings. The van der Waals surface area contributed by atoms with Crippen LogP contribution in [0.4, 0.5) is 11.4 Å². The number of benzene rings is 1. The molecule has 1 N–H and O–H groups in total. The van der Waals surface area contributed by atoms with Gasteiger partial charge in [-0.05, 0) is 0 Å². The van der Waals surface area contributed by atoms with Crippen LogP contribution in [0.1, 0.15) is 0 Å². The van der Waals surface area contributed by atoms with E-state index in [0.717, 1.165) is 0 Å². The van der Waals surface area contributed by atoms with Gasteiger partial charge in [-0.25, -0.2) is 0 Å². The molecule has 1 aromatic rings. The minimum Gasteiger partial charge on any atom is -0.491 e. The molecule has 0 unspecified atom stereocenters. The largest absolute Gasteiger partial charge is 0.491 e. The Morgan fingerprint density at radius 3 is 2.69 bits per heavy atom. The molecule has 1 aromatic carbocycles. The van der Waals surface area contributed by atoms with Crippen molar-refractivity contribution in [1.29, 1.82) is 0 Å². The van der Waals surface area contributed by atoms with Crippen molar-refractivity contribution in [3.8, 4) is 5.75 Å². The first-order valence-corrected chi connectivity index (χ1v) is 4.76. The van der Waals surface area contributed by atoms with Gasteiger partial charge in [-0.1, -0.05) is 0 Å². The lowest BCUT2D eigenvalue weighted by molar-refractivity contribution is -0.384. The summed E-state index contributed by atoms with van der Waals surface area (Å²) >= 11 is 0. The van der Waals surface area contributed by atoms with E-state index in [0.29, 0.717) is 24.7 Å². The average Bonchev–Trinajstić information content (AvgIpc) is 2.29. The Kier molecular flexibility index (Phi) is 4.53. The summed E-state index contributed by atoms with van der Waals surface area (Å²) in [5.41, 5.74) is 0.640. The molecule has 16 heavy (non-hydrogen) atoms. The number of nitro groups is 1. The predicted octanol–water partition coefficient (Wildman–Crippen LogP) is 1.66.